The number of amides is 1. The fourth-order valence-corrected chi connectivity index (χ4v) is 4.45. The molecule has 6 nitrogen and oxygen atoms in total. The number of anilines is 2. The van der Waals surface area contributed by atoms with Gasteiger partial charge in [0.15, 0.2) is 5.76 Å². The van der Waals surface area contributed by atoms with Gasteiger partial charge in [0.1, 0.15) is 11.6 Å². The van der Waals surface area contributed by atoms with Crippen molar-refractivity contribution in [3.8, 4) is 0 Å². The molecule has 0 unspecified atom stereocenters. The van der Waals surface area contributed by atoms with Gasteiger partial charge in [0.05, 0.1) is 12.8 Å². The van der Waals surface area contributed by atoms with Gasteiger partial charge in [0.2, 0.25) is 0 Å². The molecule has 5 rings (SSSR count). The molecule has 0 spiro atoms. The standard InChI is InChI=1S/C29H29FN4O2/c30-25-9-11-26(12-10-25)34(29(35)27-7-4-20-36-27)22-24-8-13-28(31-21-24)33-18-16-32(17-19-33)15-14-23-5-2-1-3-6-23/h1-13,20-21H,14-19,22H2. The first-order valence-corrected chi connectivity index (χ1v) is 12.2. The van der Waals surface area contributed by atoms with Crippen molar-refractivity contribution in [1.82, 2.24) is 9.88 Å². The summed E-state index contributed by atoms with van der Waals surface area (Å²) in [4.78, 5) is 24.1. The molecule has 1 aliphatic heterocycles. The van der Waals surface area contributed by atoms with Crippen LogP contribution >= 0.6 is 0 Å². The number of rotatable bonds is 8. The first-order chi connectivity index (χ1) is 17.7. The Morgan fingerprint density at radius 1 is 0.889 bits per heavy atom. The number of benzene rings is 2. The number of halogens is 1. The Hall–Kier alpha value is -3.97. The summed E-state index contributed by atoms with van der Waals surface area (Å²) in [6, 6.07) is 23.8. The molecule has 2 aromatic carbocycles. The van der Waals surface area contributed by atoms with Gasteiger partial charge >= 0.3 is 0 Å². The third kappa shape index (κ3) is 5.80. The minimum Gasteiger partial charge on any atom is -0.459 e. The number of aromatic nitrogens is 1. The zero-order chi connectivity index (χ0) is 24.7. The maximum atomic E-state index is 13.5. The van der Waals surface area contributed by atoms with Crippen LogP contribution in [0.25, 0.3) is 0 Å². The van der Waals surface area contributed by atoms with E-state index < -0.39 is 0 Å². The van der Waals surface area contributed by atoms with E-state index in [4.69, 9.17) is 4.42 Å². The van der Waals surface area contributed by atoms with Gasteiger partial charge in [-0.3, -0.25) is 9.69 Å². The molecule has 1 fully saturated rings. The summed E-state index contributed by atoms with van der Waals surface area (Å²) in [5.41, 5.74) is 2.84. The van der Waals surface area contributed by atoms with Crippen LogP contribution in [0.2, 0.25) is 0 Å². The zero-order valence-corrected chi connectivity index (χ0v) is 20.1. The van der Waals surface area contributed by atoms with Crippen LogP contribution in [0.4, 0.5) is 15.9 Å². The van der Waals surface area contributed by atoms with Crippen molar-refractivity contribution in [2.45, 2.75) is 13.0 Å². The van der Waals surface area contributed by atoms with Gasteiger partial charge < -0.3 is 14.2 Å². The molecule has 3 heterocycles. The molecule has 0 aliphatic carbocycles. The summed E-state index contributed by atoms with van der Waals surface area (Å²) in [6.45, 7) is 5.23. The van der Waals surface area contributed by atoms with Crippen molar-refractivity contribution in [1.29, 1.82) is 0 Å². The Morgan fingerprint density at radius 3 is 2.33 bits per heavy atom. The maximum Gasteiger partial charge on any atom is 0.294 e. The molecule has 2 aromatic heterocycles. The van der Waals surface area contributed by atoms with Crippen LogP contribution in [0, 0.1) is 5.82 Å². The highest BCUT2D eigenvalue weighted by atomic mass is 19.1. The third-order valence-corrected chi connectivity index (χ3v) is 6.52. The van der Waals surface area contributed by atoms with Crippen molar-refractivity contribution >= 4 is 17.4 Å². The van der Waals surface area contributed by atoms with E-state index in [-0.39, 0.29) is 17.5 Å². The number of hydrogen-bond donors (Lipinski definition) is 0. The van der Waals surface area contributed by atoms with E-state index in [0.29, 0.717) is 12.2 Å². The average molecular weight is 485 g/mol. The Bertz CT molecular complexity index is 1240. The molecule has 0 bridgehead atoms. The molecule has 1 aliphatic rings. The van der Waals surface area contributed by atoms with E-state index in [1.807, 2.05) is 18.3 Å². The summed E-state index contributed by atoms with van der Waals surface area (Å²) < 4.78 is 18.8. The third-order valence-electron chi connectivity index (χ3n) is 6.52. The van der Waals surface area contributed by atoms with Crippen LogP contribution in [0.5, 0.6) is 0 Å². The number of carbonyl (C=O) groups excluding carboxylic acids is 1. The molecule has 4 aromatic rings. The van der Waals surface area contributed by atoms with Gasteiger partial charge in [-0.05, 0) is 60.0 Å². The Kier molecular flexibility index (Phi) is 7.38. The number of furan rings is 1. The molecular formula is C29H29FN4O2. The first-order valence-electron chi connectivity index (χ1n) is 12.2. The summed E-state index contributed by atoms with van der Waals surface area (Å²) in [6.07, 6.45) is 4.34. The minimum absolute atomic E-state index is 0.231. The van der Waals surface area contributed by atoms with E-state index in [2.05, 4.69) is 45.1 Å². The largest absolute Gasteiger partial charge is 0.459 e. The van der Waals surface area contributed by atoms with Gasteiger partial charge in [-0.1, -0.05) is 36.4 Å². The second kappa shape index (κ2) is 11.2. The van der Waals surface area contributed by atoms with E-state index >= 15 is 0 Å². The lowest BCUT2D eigenvalue weighted by molar-refractivity contribution is 0.0958. The summed E-state index contributed by atoms with van der Waals surface area (Å²) >= 11 is 0. The van der Waals surface area contributed by atoms with Gasteiger partial charge in [0, 0.05) is 44.6 Å². The van der Waals surface area contributed by atoms with Gasteiger partial charge in [-0.2, -0.15) is 0 Å². The Morgan fingerprint density at radius 2 is 1.67 bits per heavy atom. The van der Waals surface area contributed by atoms with Gasteiger partial charge in [-0.15, -0.1) is 0 Å². The number of pyridine rings is 1. The van der Waals surface area contributed by atoms with E-state index in [1.165, 1.54) is 24.0 Å². The van der Waals surface area contributed by atoms with Crippen LogP contribution in [0.1, 0.15) is 21.7 Å². The number of nitrogens with zero attached hydrogens (tertiary/aromatic N) is 4. The van der Waals surface area contributed by atoms with Gasteiger partial charge in [-0.25, -0.2) is 9.37 Å². The predicted molar refractivity (Wildman–Crippen MR) is 139 cm³/mol. The average Bonchev–Trinajstić information content (AvgIpc) is 3.47. The molecule has 0 N–H and O–H groups in total. The van der Waals surface area contributed by atoms with E-state index in [1.54, 1.807) is 29.2 Å². The van der Waals surface area contributed by atoms with Crippen LogP contribution in [0.15, 0.2) is 95.7 Å². The van der Waals surface area contributed by atoms with Crippen LogP contribution in [-0.2, 0) is 13.0 Å². The lowest BCUT2D eigenvalue weighted by Gasteiger charge is -2.35. The Balaban J connectivity index is 1.20. The molecule has 0 saturated carbocycles. The minimum atomic E-state index is -0.352. The summed E-state index contributed by atoms with van der Waals surface area (Å²) in [7, 11) is 0. The molecule has 184 valence electrons. The topological polar surface area (TPSA) is 52.8 Å². The lowest BCUT2D eigenvalue weighted by Crippen LogP contribution is -2.47. The monoisotopic (exact) mass is 484 g/mol. The molecule has 1 saturated heterocycles. The van der Waals surface area contributed by atoms with Crippen LogP contribution in [-0.4, -0.2) is 48.5 Å². The van der Waals surface area contributed by atoms with E-state index in [9.17, 15) is 9.18 Å². The highest BCUT2D eigenvalue weighted by molar-refractivity contribution is 6.04. The highest BCUT2D eigenvalue weighted by Gasteiger charge is 2.22. The molecule has 36 heavy (non-hydrogen) atoms. The molecule has 1 amide bonds. The normalized spacial score (nSPS) is 14.1. The highest BCUT2D eigenvalue weighted by Crippen LogP contribution is 2.22. The number of carbonyl (C=O) groups is 1. The van der Waals surface area contributed by atoms with Gasteiger partial charge in [0.25, 0.3) is 5.91 Å². The fourth-order valence-electron chi connectivity index (χ4n) is 4.45. The van der Waals surface area contributed by atoms with Crippen molar-refractivity contribution in [3.05, 3.63) is 114 Å². The summed E-state index contributed by atoms with van der Waals surface area (Å²) in [5, 5.41) is 0. The smallest absolute Gasteiger partial charge is 0.294 e. The van der Waals surface area contributed by atoms with Crippen molar-refractivity contribution in [2.24, 2.45) is 0 Å². The molecule has 0 radical (unpaired) electrons. The summed E-state index contributed by atoms with van der Waals surface area (Å²) in [5.74, 6) is 0.527. The first kappa shape index (κ1) is 23.8. The van der Waals surface area contributed by atoms with Crippen molar-refractivity contribution < 1.29 is 13.6 Å². The van der Waals surface area contributed by atoms with E-state index in [0.717, 1.165) is 50.5 Å². The molecular weight excluding hydrogens is 455 g/mol. The Labute approximate surface area is 210 Å². The van der Waals surface area contributed by atoms with Crippen molar-refractivity contribution in [3.63, 3.8) is 0 Å². The zero-order valence-electron chi connectivity index (χ0n) is 20.1. The lowest BCUT2D eigenvalue weighted by atomic mass is 10.1. The van der Waals surface area contributed by atoms with Crippen LogP contribution in [0.3, 0.4) is 0 Å². The second-order valence-electron chi connectivity index (χ2n) is 8.93. The molecule has 0 atom stereocenters. The maximum absolute atomic E-state index is 13.5. The fraction of sp³-hybridized carbons (Fsp3) is 0.241. The predicted octanol–water partition coefficient (Wildman–Crippen LogP) is 5.03. The van der Waals surface area contributed by atoms with Crippen LogP contribution < -0.4 is 9.80 Å². The number of piperazine rings is 1. The number of hydrogen-bond acceptors (Lipinski definition) is 5. The van der Waals surface area contributed by atoms with Crippen molar-refractivity contribution in [2.75, 3.05) is 42.5 Å². The SMILES string of the molecule is O=C(c1ccco1)N(Cc1ccc(N2CCN(CCc3ccccc3)CC2)nc1)c1ccc(F)cc1. The molecule has 7 heteroatoms. The quantitative estimate of drug-likeness (QED) is 0.351. The second-order valence-corrected chi connectivity index (χ2v) is 8.93.